The van der Waals surface area contributed by atoms with E-state index >= 15 is 0 Å². The molecule has 0 saturated heterocycles. The summed E-state index contributed by atoms with van der Waals surface area (Å²) >= 11 is 0. The molecule has 52 valence electrons. The maximum Gasteiger partial charge on any atom is 0.223 e. The fraction of sp³-hybridized carbons (Fsp3) is 0.833. The molecule has 1 aliphatic rings. The van der Waals surface area contributed by atoms with Crippen LogP contribution < -0.4 is 11.5 Å². The molecular weight excluding hydrogens is 116 g/mol. The lowest BCUT2D eigenvalue weighted by molar-refractivity contribution is -0.131. The molecule has 0 heterocycles. The van der Waals surface area contributed by atoms with Gasteiger partial charge in [-0.2, -0.15) is 0 Å². The van der Waals surface area contributed by atoms with Crippen molar-refractivity contribution in [2.75, 3.05) is 0 Å². The van der Waals surface area contributed by atoms with E-state index in [2.05, 4.69) is 0 Å². The Morgan fingerprint density at radius 1 is 1.67 bits per heavy atom. The molecule has 1 saturated carbocycles. The monoisotopic (exact) mass is 128 g/mol. The highest BCUT2D eigenvalue weighted by atomic mass is 16.1. The van der Waals surface area contributed by atoms with Gasteiger partial charge in [0, 0.05) is 11.5 Å². The lowest BCUT2D eigenvalue weighted by atomic mass is 9.67. The maximum absolute atomic E-state index is 10.6. The number of hydrogen-bond donors (Lipinski definition) is 2. The van der Waals surface area contributed by atoms with Gasteiger partial charge in [-0.15, -0.1) is 0 Å². The summed E-state index contributed by atoms with van der Waals surface area (Å²) in [5.41, 5.74) is 10.3. The minimum atomic E-state index is -0.292. The van der Waals surface area contributed by atoms with Crippen molar-refractivity contribution in [2.24, 2.45) is 16.9 Å². The van der Waals surface area contributed by atoms with Crippen molar-refractivity contribution in [3.05, 3.63) is 0 Å². The summed E-state index contributed by atoms with van der Waals surface area (Å²) < 4.78 is 0. The number of primary amides is 1. The Balaban J connectivity index is 2.50. The standard InChI is InChI=1S/C6H12N2O/c1-6(5(8)9)2-4(7)3-6/h4H,2-3,7H2,1H3,(H2,8,9)/t4-,6+. The van der Waals surface area contributed by atoms with E-state index in [1.807, 2.05) is 6.92 Å². The number of carbonyl (C=O) groups excluding carboxylic acids is 1. The molecule has 3 heteroatoms. The van der Waals surface area contributed by atoms with Gasteiger partial charge in [0.05, 0.1) is 0 Å². The highest BCUT2D eigenvalue weighted by Gasteiger charge is 2.42. The van der Waals surface area contributed by atoms with Crippen molar-refractivity contribution < 1.29 is 4.79 Å². The minimum Gasteiger partial charge on any atom is -0.369 e. The van der Waals surface area contributed by atoms with Gasteiger partial charge in [0.2, 0.25) is 5.91 Å². The van der Waals surface area contributed by atoms with Crippen LogP contribution in [-0.4, -0.2) is 11.9 Å². The molecular formula is C6H12N2O. The predicted octanol–water partition coefficient (Wildman–Crippen LogP) is -0.401. The van der Waals surface area contributed by atoms with Crippen LogP contribution in [0.4, 0.5) is 0 Å². The summed E-state index contributed by atoms with van der Waals surface area (Å²) in [7, 11) is 0. The molecule has 1 aliphatic carbocycles. The van der Waals surface area contributed by atoms with Gasteiger partial charge in [-0.25, -0.2) is 0 Å². The zero-order chi connectivity index (χ0) is 7.07. The van der Waals surface area contributed by atoms with E-state index in [1.54, 1.807) is 0 Å². The van der Waals surface area contributed by atoms with Crippen molar-refractivity contribution in [1.29, 1.82) is 0 Å². The van der Waals surface area contributed by atoms with Crippen molar-refractivity contribution >= 4 is 5.91 Å². The van der Waals surface area contributed by atoms with Gasteiger partial charge in [-0.3, -0.25) is 4.79 Å². The second-order valence-electron chi connectivity index (χ2n) is 3.09. The first-order valence-corrected chi connectivity index (χ1v) is 3.10. The van der Waals surface area contributed by atoms with Crippen molar-refractivity contribution in [3.8, 4) is 0 Å². The number of carbonyl (C=O) groups is 1. The minimum absolute atomic E-state index is 0.197. The third kappa shape index (κ3) is 0.920. The molecule has 0 bridgehead atoms. The summed E-state index contributed by atoms with van der Waals surface area (Å²) in [5, 5.41) is 0. The van der Waals surface area contributed by atoms with Gasteiger partial charge in [0.1, 0.15) is 0 Å². The summed E-state index contributed by atoms with van der Waals surface area (Å²) in [6, 6.07) is 0.197. The largest absolute Gasteiger partial charge is 0.369 e. The van der Waals surface area contributed by atoms with E-state index in [-0.39, 0.29) is 17.4 Å². The molecule has 0 unspecified atom stereocenters. The van der Waals surface area contributed by atoms with Crippen LogP contribution in [0.1, 0.15) is 19.8 Å². The molecule has 0 radical (unpaired) electrons. The third-order valence-electron chi connectivity index (χ3n) is 2.02. The molecule has 1 fully saturated rings. The quantitative estimate of drug-likeness (QED) is 0.504. The van der Waals surface area contributed by atoms with Crippen LogP contribution in [0, 0.1) is 5.41 Å². The van der Waals surface area contributed by atoms with E-state index < -0.39 is 0 Å². The molecule has 0 aromatic heterocycles. The molecule has 1 rings (SSSR count). The zero-order valence-corrected chi connectivity index (χ0v) is 5.55. The first-order valence-electron chi connectivity index (χ1n) is 3.10. The van der Waals surface area contributed by atoms with Crippen molar-refractivity contribution in [2.45, 2.75) is 25.8 Å². The maximum atomic E-state index is 10.6. The lowest BCUT2D eigenvalue weighted by Gasteiger charge is -2.40. The van der Waals surface area contributed by atoms with E-state index in [4.69, 9.17) is 11.5 Å². The van der Waals surface area contributed by atoms with E-state index in [1.165, 1.54) is 0 Å². The van der Waals surface area contributed by atoms with E-state index in [0.717, 1.165) is 12.8 Å². The van der Waals surface area contributed by atoms with Gasteiger partial charge >= 0.3 is 0 Å². The second kappa shape index (κ2) is 1.70. The fourth-order valence-electron chi connectivity index (χ4n) is 1.30. The van der Waals surface area contributed by atoms with Gasteiger partial charge in [0.15, 0.2) is 0 Å². The molecule has 4 N–H and O–H groups in total. The van der Waals surface area contributed by atoms with Gasteiger partial charge in [-0.1, -0.05) is 6.92 Å². The van der Waals surface area contributed by atoms with Crippen LogP contribution in [0.25, 0.3) is 0 Å². The van der Waals surface area contributed by atoms with Gasteiger partial charge in [0.25, 0.3) is 0 Å². The molecule has 0 aromatic rings. The molecule has 0 aliphatic heterocycles. The zero-order valence-electron chi connectivity index (χ0n) is 5.55. The summed E-state index contributed by atoms with van der Waals surface area (Å²) in [6.07, 6.45) is 1.50. The molecule has 0 spiro atoms. The first kappa shape index (κ1) is 6.55. The highest BCUT2D eigenvalue weighted by Crippen LogP contribution is 2.38. The number of rotatable bonds is 1. The highest BCUT2D eigenvalue weighted by molar-refractivity contribution is 5.81. The summed E-state index contributed by atoms with van der Waals surface area (Å²) in [5.74, 6) is -0.218. The van der Waals surface area contributed by atoms with Crippen LogP contribution >= 0.6 is 0 Å². The summed E-state index contributed by atoms with van der Waals surface area (Å²) in [4.78, 5) is 10.6. The molecule has 0 atom stereocenters. The van der Waals surface area contributed by atoms with Crippen LogP contribution in [0.15, 0.2) is 0 Å². The second-order valence-corrected chi connectivity index (χ2v) is 3.09. The fourth-order valence-corrected chi connectivity index (χ4v) is 1.30. The average molecular weight is 128 g/mol. The van der Waals surface area contributed by atoms with Gasteiger partial charge < -0.3 is 11.5 Å². The lowest BCUT2D eigenvalue weighted by Crippen LogP contribution is -2.51. The van der Waals surface area contributed by atoms with Crippen LogP contribution in [-0.2, 0) is 4.79 Å². The number of nitrogens with two attached hydrogens (primary N) is 2. The van der Waals surface area contributed by atoms with Crippen LogP contribution in [0.2, 0.25) is 0 Å². The topological polar surface area (TPSA) is 69.1 Å². The molecule has 0 aromatic carbocycles. The number of hydrogen-bond acceptors (Lipinski definition) is 2. The smallest absolute Gasteiger partial charge is 0.223 e. The third-order valence-corrected chi connectivity index (χ3v) is 2.02. The van der Waals surface area contributed by atoms with Crippen LogP contribution in [0.3, 0.4) is 0 Å². The van der Waals surface area contributed by atoms with E-state index in [0.29, 0.717) is 0 Å². The van der Waals surface area contributed by atoms with Crippen molar-refractivity contribution in [3.63, 3.8) is 0 Å². The Bertz CT molecular complexity index is 138. The Kier molecular flexibility index (Phi) is 1.24. The van der Waals surface area contributed by atoms with Gasteiger partial charge in [-0.05, 0) is 12.8 Å². The average Bonchev–Trinajstić information content (AvgIpc) is 1.62. The molecule has 9 heavy (non-hydrogen) atoms. The SMILES string of the molecule is C[C@]1(C(N)=O)C[C@@H](N)C1. The number of amides is 1. The van der Waals surface area contributed by atoms with Crippen LogP contribution in [0.5, 0.6) is 0 Å². The Hall–Kier alpha value is -0.570. The normalized spacial score (nSPS) is 41.8. The Morgan fingerprint density at radius 3 is 2.22 bits per heavy atom. The van der Waals surface area contributed by atoms with E-state index in [9.17, 15) is 4.79 Å². The predicted molar refractivity (Wildman–Crippen MR) is 34.5 cm³/mol. The Labute approximate surface area is 54.4 Å². The van der Waals surface area contributed by atoms with Crippen molar-refractivity contribution in [1.82, 2.24) is 0 Å². The summed E-state index contributed by atoms with van der Waals surface area (Å²) in [6.45, 7) is 1.86. The Morgan fingerprint density at radius 2 is 2.11 bits per heavy atom. The first-order chi connectivity index (χ1) is 4.04. The molecule has 3 nitrogen and oxygen atoms in total. The molecule has 1 amide bonds.